The van der Waals surface area contributed by atoms with Crippen LogP contribution >= 0.6 is 11.6 Å². The standard InChI is InChI=1S/C13H17ClN2O2/c14-10-3-4-11(12(15)6-10)13(17)16-7-9-2-1-5-18-8-9/h3-4,6,9H,1-2,5,7-8,15H2,(H,16,17). The summed E-state index contributed by atoms with van der Waals surface area (Å²) in [4.78, 5) is 11.9. The Balaban J connectivity index is 1.90. The molecule has 0 aromatic heterocycles. The monoisotopic (exact) mass is 268 g/mol. The van der Waals surface area contributed by atoms with E-state index in [4.69, 9.17) is 22.1 Å². The molecule has 1 fully saturated rings. The molecule has 5 heteroatoms. The van der Waals surface area contributed by atoms with Gasteiger partial charge in [-0.3, -0.25) is 4.79 Å². The fraction of sp³-hybridized carbons (Fsp3) is 0.462. The predicted molar refractivity (Wildman–Crippen MR) is 71.7 cm³/mol. The summed E-state index contributed by atoms with van der Waals surface area (Å²) in [6.07, 6.45) is 2.15. The van der Waals surface area contributed by atoms with Crippen molar-refractivity contribution in [2.75, 3.05) is 25.5 Å². The molecule has 0 saturated carbocycles. The number of carbonyl (C=O) groups excluding carboxylic acids is 1. The Morgan fingerprint density at radius 3 is 3.06 bits per heavy atom. The molecule has 1 saturated heterocycles. The van der Waals surface area contributed by atoms with Crippen LogP contribution in [-0.4, -0.2) is 25.7 Å². The highest BCUT2D eigenvalue weighted by molar-refractivity contribution is 6.31. The van der Waals surface area contributed by atoms with Gasteiger partial charge in [-0.25, -0.2) is 0 Å². The molecule has 4 nitrogen and oxygen atoms in total. The maximum Gasteiger partial charge on any atom is 0.253 e. The van der Waals surface area contributed by atoms with Gasteiger partial charge in [0.1, 0.15) is 0 Å². The summed E-state index contributed by atoms with van der Waals surface area (Å²) in [5, 5.41) is 3.42. The van der Waals surface area contributed by atoms with E-state index >= 15 is 0 Å². The van der Waals surface area contributed by atoms with Gasteiger partial charge in [-0.05, 0) is 37.0 Å². The van der Waals surface area contributed by atoms with Crippen molar-refractivity contribution in [3.63, 3.8) is 0 Å². The number of halogens is 1. The SMILES string of the molecule is Nc1cc(Cl)ccc1C(=O)NCC1CCCOC1. The van der Waals surface area contributed by atoms with E-state index in [1.165, 1.54) is 0 Å². The normalized spacial score (nSPS) is 19.5. The molecule has 0 spiro atoms. The fourth-order valence-corrected chi connectivity index (χ4v) is 2.22. The fourth-order valence-electron chi connectivity index (χ4n) is 2.04. The molecule has 1 aliphatic rings. The maximum absolute atomic E-state index is 11.9. The summed E-state index contributed by atoms with van der Waals surface area (Å²) in [5.41, 5.74) is 6.63. The average molecular weight is 269 g/mol. The number of benzene rings is 1. The van der Waals surface area contributed by atoms with Crippen LogP contribution < -0.4 is 11.1 Å². The smallest absolute Gasteiger partial charge is 0.253 e. The van der Waals surface area contributed by atoms with Gasteiger partial charge in [0.25, 0.3) is 5.91 Å². The Hall–Kier alpha value is -1.26. The molecule has 1 aliphatic heterocycles. The van der Waals surface area contributed by atoms with Gasteiger partial charge in [-0.2, -0.15) is 0 Å². The number of rotatable bonds is 3. The second-order valence-corrected chi connectivity index (χ2v) is 4.96. The Bertz CT molecular complexity index is 431. The Labute approximate surface area is 111 Å². The zero-order valence-electron chi connectivity index (χ0n) is 10.1. The number of carbonyl (C=O) groups is 1. The number of nitrogens with one attached hydrogen (secondary N) is 1. The van der Waals surface area contributed by atoms with E-state index < -0.39 is 0 Å². The Kier molecular flexibility index (Phi) is 4.44. The minimum Gasteiger partial charge on any atom is -0.398 e. The van der Waals surface area contributed by atoms with Crippen LogP contribution in [0.4, 0.5) is 5.69 Å². The third-order valence-electron chi connectivity index (χ3n) is 3.06. The van der Waals surface area contributed by atoms with Crippen molar-refractivity contribution >= 4 is 23.2 Å². The first-order valence-corrected chi connectivity index (χ1v) is 6.45. The number of nitrogen functional groups attached to an aromatic ring is 1. The molecule has 0 radical (unpaired) electrons. The van der Waals surface area contributed by atoms with E-state index in [2.05, 4.69) is 5.32 Å². The third kappa shape index (κ3) is 3.37. The molecule has 3 N–H and O–H groups in total. The van der Waals surface area contributed by atoms with Crippen molar-refractivity contribution in [1.82, 2.24) is 5.32 Å². The number of ether oxygens (including phenoxy) is 1. The van der Waals surface area contributed by atoms with Gasteiger partial charge in [-0.15, -0.1) is 0 Å². The highest BCUT2D eigenvalue weighted by Gasteiger charge is 2.16. The van der Waals surface area contributed by atoms with Crippen LogP contribution in [0.2, 0.25) is 5.02 Å². The van der Waals surface area contributed by atoms with Crippen LogP contribution in [0.15, 0.2) is 18.2 Å². The minimum absolute atomic E-state index is 0.158. The molecule has 1 atom stereocenters. The van der Waals surface area contributed by atoms with Crippen molar-refractivity contribution in [2.45, 2.75) is 12.8 Å². The first-order valence-electron chi connectivity index (χ1n) is 6.08. The first-order chi connectivity index (χ1) is 8.66. The quantitative estimate of drug-likeness (QED) is 0.825. The highest BCUT2D eigenvalue weighted by atomic mass is 35.5. The van der Waals surface area contributed by atoms with Crippen LogP contribution in [-0.2, 0) is 4.74 Å². The Morgan fingerprint density at radius 1 is 1.56 bits per heavy atom. The van der Waals surface area contributed by atoms with Gasteiger partial charge < -0.3 is 15.8 Å². The van der Waals surface area contributed by atoms with Crippen LogP contribution in [0.5, 0.6) is 0 Å². The van der Waals surface area contributed by atoms with Crippen molar-refractivity contribution in [3.8, 4) is 0 Å². The molecule has 0 aliphatic carbocycles. The Morgan fingerprint density at radius 2 is 2.39 bits per heavy atom. The van der Waals surface area contributed by atoms with Crippen LogP contribution in [0.25, 0.3) is 0 Å². The van der Waals surface area contributed by atoms with Gasteiger partial charge in [0.2, 0.25) is 0 Å². The highest BCUT2D eigenvalue weighted by Crippen LogP contribution is 2.18. The molecule has 1 unspecified atom stereocenters. The second-order valence-electron chi connectivity index (χ2n) is 4.52. The molecular weight excluding hydrogens is 252 g/mol. The molecular formula is C13H17ClN2O2. The predicted octanol–water partition coefficient (Wildman–Crippen LogP) is 2.08. The van der Waals surface area contributed by atoms with Crippen molar-refractivity contribution < 1.29 is 9.53 Å². The van der Waals surface area contributed by atoms with Gasteiger partial charge in [0.05, 0.1) is 12.2 Å². The summed E-state index contributed by atoms with van der Waals surface area (Å²) in [6, 6.07) is 4.89. The zero-order chi connectivity index (χ0) is 13.0. The molecule has 18 heavy (non-hydrogen) atoms. The summed E-state index contributed by atoms with van der Waals surface area (Å²) >= 11 is 5.79. The molecule has 98 valence electrons. The van der Waals surface area contributed by atoms with Gasteiger partial charge in [-0.1, -0.05) is 11.6 Å². The van der Waals surface area contributed by atoms with E-state index in [9.17, 15) is 4.79 Å². The molecule has 1 aromatic carbocycles. The van der Waals surface area contributed by atoms with E-state index in [-0.39, 0.29) is 5.91 Å². The lowest BCUT2D eigenvalue weighted by atomic mass is 10.0. The molecule has 0 bridgehead atoms. The first kappa shape index (κ1) is 13.2. The lowest BCUT2D eigenvalue weighted by molar-refractivity contribution is 0.0536. The van der Waals surface area contributed by atoms with E-state index in [0.717, 1.165) is 26.1 Å². The molecule has 1 aromatic rings. The summed E-state index contributed by atoms with van der Waals surface area (Å²) in [7, 11) is 0. The summed E-state index contributed by atoms with van der Waals surface area (Å²) in [6.45, 7) is 2.17. The number of nitrogens with two attached hydrogens (primary N) is 1. The molecule has 1 amide bonds. The van der Waals surface area contributed by atoms with E-state index in [1.807, 2.05) is 0 Å². The van der Waals surface area contributed by atoms with Crippen molar-refractivity contribution in [3.05, 3.63) is 28.8 Å². The van der Waals surface area contributed by atoms with Crippen LogP contribution in [0, 0.1) is 5.92 Å². The number of amides is 1. The van der Waals surface area contributed by atoms with Gasteiger partial charge in [0.15, 0.2) is 0 Å². The molecule has 1 heterocycles. The summed E-state index contributed by atoms with van der Waals surface area (Å²) < 4.78 is 5.37. The largest absolute Gasteiger partial charge is 0.398 e. The number of hydrogen-bond donors (Lipinski definition) is 2. The maximum atomic E-state index is 11.9. The topological polar surface area (TPSA) is 64.4 Å². The average Bonchev–Trinajstić information content (AvgIpc) is 2.37. The van der Waals surface area contributed by atoms with Crippen molar-refractivity contribution in [2.24, 2.45) is 5.92 Å². The van der Waals surface area contributed by atoms with Crippen LogP contribution in [0.1, 0.15) is 23.2 Å². The zero-order valence-corrected chi connectivity index (χ0v) is 10.9. The van der Waals surface area contributed by atoms with Gasteiger partial charge in [0, 0.05) is 23.9 Å². The summed E-state index contributed by atoms with van der Waals surface area (Å²) in [5.74, 6) is 0.242. The second kappa shape index (κ2) is 6.07. The van der Waals surface area contributed by atoms with Crippen LogP contribution in [0.3, 0.4) is 0 Å². The lowest BCUT2D eigenvalue weighted by Gasteiger charge is -2.22. The van der Waals surface area contributed by atoms with E-state index in [0.29, 0.717) is 28.7 Å². The van der Waals surface area contributed by atoms with Crippen molar-refractivity contribution in [1.29, 1.82) is 0 Å². The number of anilines is 1. The number of hydrogen-bond acceptors (Lipinski definition) is 3. The third-order valence-corrected chi connectivity index (χ3v) is 3.30. The lowest BCUT2D eigenvalue weighted by Crippen LogP contribution is -2.33. The minimum atomic E-state index is -0.158. The van der Waals surface area contributed by atoms with Gasteiger partial charge >= 0.3 is 0 Å². The van der Waals surface area contributed by atoms with E-state index in [1.54, 1.807) is 18.2 Å². The molecule has 2 rings (SSSR count).